The molecule has 0 aliphatic heterocycles. The third kappa shape index (κ3) is 3.20. The maximum absolute atomic E-state index is 9.63. The molecular weight excluding hydrogens is 360 g/mol. The van der Waals surface area contributed by atoms with Gasteiger partial charge in [0.2, 0.25) is 0 Å². The SMILES string of the molecule is C=NCc1c(N)n[nH]c1C(C#N)Cc1ccc(-c2nc3ccccc3s2)o1. The van der Waals surface area contributed by atoms with Crippen molar-refractivity contribution in [3.8, 4) is 16.8 Å². The van der Waals surface area contributed by atoms with Crippen LogP contribution in [0.1, 0.15) is 22.9 Å². The number of H-pyrrole nitrogens is 1. The lowest BCUT2D eigenvalue weighted by Gasteiger charge is -2.07. The number of para-hydroxylation sites is 1. The van der Waals surface area contributed by atoms with Gasteiger partial charge >= 0.3 is 0 Å². The molecule has 4 aromatic rings. The minimum atomic E-state index is -0.471. The van der Waals surface area contributed by atoms with Crippen LogP contribution in [0, 0.1) is 11.3 Å². The first-order chi connectivity index (χ1) is 13.2. The molecule has 3 heterocycles. The molecule has 27 heavy (non-hydrogen) atoms. The van der Waals surface area contributed by atoms with Crippen molar-refractivity contribution in [2.75, 3.05) is 5.73 Å². The third-order valence-electron chi connectivity index (χ3n) is 4.28. The molecule has 0 saturated heterocycles. The van der Waals surface area contributed by atoms with Gasteiger partial charge in [-0.15, -0.1) is 11.3 Å². The third-order valence-corrected chi connectivity index (χ3v) is 5.33. The maximum atomic E-state index is 9.63. The van der Waals surface area contributed by atoms with Crippen LogP contribution in [0.4, 0.5) is 5.82 Å². The van der Waals surface area contributed by atoms with Gasteiger partial charge in [-0.3, -0.25) is 10.1 Å². The first-order valence-corrected chi connectivity index (χ1v) is 9.10. The molecule has 134 valence electrons. The molecule has 4 rings (SSSR count). The molecular formula is C19H16N6OS. The monoisotopic (exact) mass is 376 g/mol. The van der Waals surface area contributed by atoms with E-state index in [2.05, 4.69) is 33.0 Å². The zero-order valence-corrected chi connectivity index (χ0v) is 15.2. The number of benzene rings is 1. The topological polar surface area (TPSA) is 117 Å². The molecule has 7 nitrogen and oxygen atoms in total. The molecule has 0 amide bonds. The summed E-state index contributed by atoms with van der Waals surface area (Å²) < 4.78 is 7.06. The van der Waals surface area contributed by atoms with E-state index in [-0.39, 0.29) is 0 Å². The quantitative estimate of drug-likeness (QED) is 0.495. The normalized spacial score (nSPS) is 12.1. The summed E-state index contributed by atoms with van der Waals surface area (Å²) in [6.07, 6.45) is 0.396. The zero-order chi connectivity index (χ0) is 18.8. The van der Waals surface area contributed by atoms with Crippen molar-refractivity contribution in [3.63, 3.8) is 0 Å². The first-order valence-electron chi connectivity index (χ1n) is 8.29. The smallest absolute Gasteiger partial charge is 0.162 e. The van der Waals surface area contributed by atoms with Crippen molar-refractivity contribution in [3.05, 3.63) is 53.4 Å². The van der Waals surface area contributed by atoms with E-state index in [1.807, 2.05) is 36.4 Å². The van der Waals surface area contributed by atoms with Crippen LogP contribution < -0.4 is 5.73 Å². The van der Waals surface area contributed by atoms with E-state index >= 15 is 0 Å². The Morgan fingerprint density at radius 1 is 1.33 bits per heavy atom. The molecule has 1 atom stereocenters. The van der Waals surface area contributed by atoms with Crippen molar-refractivity contribution >= 4 is 34.1 Å². The average molecular weight is 376 g/mol. The molecule has 0 fully saturated rings. The molecule has 8 heteroatoms. The van der Waals surface area contributed by atoms with E-state index in [0.717, 1.165) is 15.2 Å². The second-order valence-electron chi connectivity index (χ2n) is 6.02. The number of aliphatic imine (C=N–C) groups is 1. The number of rotatable bonds is 6. The fourth-order valence-electron chi connectivity index (χ4n) is 2.95. The van der Waals surface area contributed by atoms with Gasteiger partial charge < -0.3 is 10.2 Å². The van der Waals surface area contributed by atoms with Crippen LogP contribution in [-0.2, 0) is 13.0 Å². The number of furan rings is 1. The van der Waals surface area contributed by atoms with E-state index in [1.54, 1.807) is 11.3 Å². The molecule has 1 unspecified atom stereocenters. The number of aromatic amines is 1. The van der Waals surface area contributed by atoms with Crippen molar-refractivity contribution in [2.24, 2.45) is 4.99 Å². The van der Waals surface area contributed by atoms with Crippen LogP contribution in [0.15, 0.2) is 45.8 Å². The summed E-state index contributed by atoms with van der Waals surface area (Å²) in [5, 5.41) is 17.3. The number of hydrogen-bond donors (Lipinski definition) is 2. The summed E-state index contributed by atoms with van der Waals surface area (Å²) in [5.74, 6) is 1.26. The number of nitriles is 1. The lowest BCUT2D eigenvalue weighted by Crippen LogP contribution is -2.04. The Hall–Kier alpha value is -3.44. The van der Waals surface area contributed by atoms with Crippen LogP contribution >= 0.6 is 11.3 Å². The summed E-state index contributed by atoms with van der Waals surface area (Å²) in [6, 6.07) is 14.0. The van der Waals surface area contributed by atoms with Gasteiger partial charge in [0.15, 0.2) is 16.6 Å². The van der Waals surface area contributed by atoms with Gasteiger partial charge in [0, 0.05) is 12.0 Å². The fourth-order valence-corrected chi connectivity index (χ4v) is 3.88. The van der Waals surface area contributed by atoms with E-state index in [9.17, 15) is 5.26 Å². The second kappa shape index (κ2) is 7.05. The van der Waals surface area contributed by atoms with Crippen LogP contribution in [0.2, 0.25) is 0 Å². The van der Waals surface area contributed by atoms with Gasteiger partial charge in [0.1, 0.15) is 5.76 Å². The molecule has 0 bridgehead atoms. The number of nitrogens with two attached hydrogens (primary N) is 1. The van der Waals surface area contributed by atoms with Gasteiger partial charge in [-0.2, -0.15) is 10.4 Å². The average Bonchev–Trinajstić information content (AvgIpc) is 3.39. The Labute approximate surface area is 159 Å². The zero-order valence-electron chi connectivity index (χ0n) is 14.3. The summed E-state index contributed by atoms with van der Waals surface area (Å²) in [6.45, 7) is 3.80. The lowest BCUT2D eigenvalue weighted by atomic mass is 9.98. The Morgan fingerprint density at radius 3 is 2.96 bits per heavy atom. The predicted molar refractivity (Wildman–Crippen MR) is 106 cm³/mol. The molecule has 0 aliphatic rings. The van der Waals surface area contributed by atoms with E-state index < -0.39 is 5.92 Å². The van der Waals surface area contributed by atoms with Crippen LogP contribution in [-0.4, -0.2) is 21.9 Å². The van der Waals surface area contributed by atoms with Crippen molar-refractivity contribution < 1.29 is 4.42 Å². The highest BCUT2D eigenvalue weighted by Gasteiger charge is 2.22. The predicted octanol–water partition coefficient (Wildman–Crippen LogP) is 3.91. The molecule has 0 aliphatic carbocycles. The minimum Gasteiger partial charge on any atom is -0.459 e. The summed E-state index contributed by atoms with van der Waals surface area (Å²) in [5.41, 5.74) is 8.16. The Kier molecular flexibility index (Phi) is 4.44. The molecule has 0 spiro atoms. The maximum Gasteiger partial charge on any atom is 0.162 e. The van der Waals surface area contributed by atoms with Gasteiger partial charge in [0.25, 0.3) is 0 Å². The van der Waals surface area contributed by atoms with Crippen molar-refractivity contribution in [1.29, 1.82) is 5.26 Å². The largest absolute Gasteiger partial charge is 0.459 e. The Morgan fingerprint density at radius 2 is 2.19 bits per heavy atom. The number of nitrogen functional groups attached to an aromatic ring is 1. The number of fused-ring (bicyclic) bond motifs is 1. The highest BCUT2D eigenvalue weighted by atomic mass is 32.1. The summed E-state index contributed by atoms with van der Waals surface area (Å²) in [4.78, 5) is 8.46. The number of aromatic nitrogens is 3. The molecule has 0 radical (unpaired) electrons. The highest BCUT2D eigenvalue weighted by Crippen LogP contribution is 2.33. The molecule has 3 aromatic heterocycles. The molecule has 0 saturated carbocycles. The van der Waals surface area contributed by atoms with Crippen LogP contribution in [0.25, 0.3) is 21.0 Å². The van der Waals surface area contributed by atoms with E-state index in [4.69, 9.17) is 10.2 Å². The number of anilines is 1. The molecule has 1 aromatic carbocycles. The number of hydrogen-bond acceptors (Lipinski definition) is 7. The lowest BCUT2D eigenvalue weighted by molar-refractivity contribution is 0.511. The summed E-state index contributed by atoms with van der Waals surface area (Å²) in [7, 11) is 0. The van der Waals surface area contributed by atoms with Crippen LogP contribution in [0.3, 0.4) is 0 Å². The van der Waals surface area contributed by atoms with Crippen molar-refractivity contribution in [2.45, 2.75) is 18.9 Å². The van der Waals surface area contributed by atoms with Crippen molar-refractivity contribution in [1.82, 2.24) is 15.2 Å². The van der Waals surface area contributed by atoms with Crippen LogP contribution in [0.5, 0.6) is 0 Å². The minimum absolute atomic E-state index is 0.310. The Bertz CT molecular complexity index is 1120. The standard InChI is InChI=1S/C19H16N6OS/c1-22-10-13-17(24-25-18(13)21)11(9-20)8-12-6-7-15(26-12)19-23-14-4-2-3-5-16(14)27-19/h2-7,11H,1,8,10H2,(H3,21,24,25). The summed E-state index contributed by atoms with van der Waals surface area (Å²) >= 11 is 1.58. The van der Waals surface area contributed by atoms with E-state index in [0.29, 0.717) is 41.6 Å². The number of thiazole rings is 1. The second-order valence-corrected chi connectivity index (χ2v) is 7.05. The Balaban J connectivity index is 1.59. The highest BCUT2D eigenvalue weighted by molar-refractivity contribution is 7.21. The fraction of sp³-hybridized carbons (Fsp3) is 0.158. The van der Waals surface area contributed by atoms with Gasteiger partial charge in [-0.1, -0.05) is 12.1 Å². The number of nitrogens with zero attached hydrogens (tertiary/aromatic N) is 4. The van der Waals surface area contributed by atoms with Gasteiger partial charge in [-0.05, 0) is 31.0 Å². The first kappa shape index (κ1) is 17.0. The van der Waals surface area contributed by atoms with E-state index in [1.165, 1.54) is 0 Å². The molecule has 3 N–H and O–H groups in total. The van der Waals surface area contributed by atoms with Gasteiger partial charge in [-0.25, -0.2) is 4.98 Å². The number of nitrogens with one attached hydrogen (secondary N) is 1. The van der Waals surface area contributed by atoms with Gasteiger partial charge in [0.05, 0.1) is 34.4 Å².